The minimum absolute atomic E-state index is 0.104. The molecule has 1 amide bonds. The van der Waals surface area contributed by atoms with Crippen LogP contribution in [0.1, 0.15) is 27.2 Å². The van der Waals surface area contributed by atoms with Gasteiger partial charge in [0.1, 0.15) is 5.82 Å². The Morgan fingerprint density at radius 3 is 2.71 bits per heavy atom. The van der Waals surface area contributed by atoms with Gasteiger partial charge in [0.25, 0.3) is 11.5 Å². The zero-order chi connectivity index (χ0) is 15.6. The zero-order valence-electron chi connectivity index (χ0n) is 11.6. The molecule has 2 rings (SSSR count). The molecular weight excluding hydrogens is 386 g/mol. The standard InChI is InChI=1S/C15H14FIN2O2/c1-8-5-9(2)19-15(21)12(8)7-18-14(20)11-6-10(16)3-4-13(11)17/h3-6H,7H2,1-2H3,(H,18,20)(H,19,21). The van der Waals surface area contributed by atoms with E-state index in [1.54, 1.807) is 6.92 Å². The molecule has 0 bridgehead atoms. The third kappa shape index (κ3) is 3.69. The molecule has 0 radical (unpaired) electrons. The summed E-state index contributed by atoms with van der Waals surface area (Å²) < 4.78 is 13.9. The van der Waals surface area contributed by atoms with Gasteiger partial charge in [-0.3, -0.25) is 9.59 Å². The molecule has 0 aliphatic rings. The highest BCUT2D eigenvalue weighted by molar-refractivity contribution is 14.1. The maximum Gasteiger partial charge on any atom is 0.253 e. The molecule has 0 unspecified atom stereocenters. The minimum Gasteiger partial charge on any atom is -0.348 e. The molecule has 0 atom stereocenters. The van der Waals surface area contributed by atoms with E-state index in [4.69, 9.17) is 0 Å². The first-order valence-electron chi connectivity index (χ1n) is 6.31. The van der Waals surface area contributed by atoms with E-state index in [0.717, 1.165) is 11.3 Å². The second kappa shape index (κ2) is 6.38. The molecule has 0 aliphatic carbocycles. The van der Waals surface area contributed by atoms with Crippen LogP contribution in [-0.2, 0) is 6.54 Å². The molecule has 0 saturated heterocycles. The molecule has 1 heterocycles. The topological polar surface area (TPSA) is 62.0 Å². The van der Waals surface area contributed by atoms with Crippen LogP contribution < -0.4 is 10.9 Å². The Balaban J connectivity index is 2.19. The van der Waals surface area contributed by atoms with Crippen molar-refractivity contribution in [2.45, 2.75) is 20.4 Å². The molecule has 6 heteroatoms. The molecule has 2 N–H and O–H groups in total. The number of halogens is 2. The first-order valence-corrected chi connectivity index (χ1v) is 7.39. The van der Waals surface area contributed by atoms with Crippen molar-refractivity contribution in [2.24, 2.45) is 0 Å². The summed E-state index contributed by atoms with van der Waals surface area (Å²) in [5.41, 5.74) is 2.12. The van der Waals surface area contributed by atoms with Crippen molar-refractivity contribution in [1.29, 1.82) is 0 Å². The number of benzene rings is 1. The van der Waals surface area contributed by atoms with Gasteiger partial charge in [-0.1, -0.05) is 0 Å². The molecular formula is C15H14FIN2O2. The van der Waals surface area contributed by atoms with Crippen molar-refractivity contribution in [3.8, 4) is 0 Å². The zero-order valence-corrected chi connectivity index (χ0v) is 13.7. The lowest BCUT2D eigenvalue weighted by Gasteiger charge is -2.09. The number of pyridine rings is 1. The lowest BCUT2D eigenvalue weighted by molar-refractivity contribution is 0.0949. The Labute approximate surface area is 134 Å². The van der Waals surface area contributed by atoms with Crippen molar-refractivity contribution >= 4 is 28.5 Å². The van der Waals surface area contributed by atoms with Gasteiger partial charge >= 0.3 is 0 Å². The maximum atomic E-state index is 13.2. The average molecular weight is 400 g/mol. The Morgan fingerprint density at radius 1 is 1.33 bits per heavy atom. The van der Waals surface area contributed by atoms with Gasteiger partial charge in [0, 0.05) is 21.4 Å². The third-order valence-corrected chi connectivity index (χ3v) is 4.03. The highest BCUT2D eigenvalue weighted by Crippen LogP contribution is 2.14. The Kier molecular flexibility index (Phi) is 4.76. The fourth-order valence-corrected chi connectivity index (χ4v) is 2.62. The monoisotopic (exact) mass is 400 g/mol. The first-order chi connectivity index (χ1) is 9.88. The van der Waals surface area contributed by atoms with E-state index in [9.17, 15) is 14.0 Å². The van der Waals surface area contributed by atoms with Crippen LogP contribution in [0.3, 0.4) is 0 Å². The van der Waals surface area contributed by atoms with Crippen molar-refractivity contribution < 1.29 is 9.18 Å². The van der Waals surface area contributed by atoms with E-state index < -0.39 is 11.7 Å². The first kappa shape index (κ1) is 15.7. The number of hydrogen-bond donors (Lipinski definition) is 2. The number of carbonyl (C=O) groups excluding carboxylic acids is 1. The quantitative estimate of drug-likeness (QED) is 0.779. The highest BCUT2D eigenvalue weighted by atomic mass is 127. The molecule has 21 heavy (non-hydrogen) atoms. The molecule has 4 nitrogen and oxygen atoms in total. The fraction of sp³-hybridized carbons (Fsp3) is 0.200. The van der Waals surface area contributed by atoms with Gasteiger partial charge in [-0.25, -0.2) is 4.39 Å². The van der Waals surface area contributed by atoms with Crippen LogP contribution in [-0.4, -0.2) is 10.9 Å². The minimum atomic E-state index is -0.468. The van der Waals surface area contributed by atoms with Crippen LogP contribution in [0.15, 0.2) is 29.1 Å². The second-order valence-corrected chi connectivity index (χ2v) is 5.91. The van der Waals surface area contributed by atoms with Crippen molar-refractivity contribution in [2.75, 3.05) is 0 Å². The largest absolute Gasteiger partial charge is 0.348 e. The number of nitrogens with one attached hydrogen (secondary N) is 2. The van der Waals surface area contributed by atoms with Crippen molar-refractivity contribution in [1.82, 2.24) is 10.3 Å². The predicted molar refractivity (Wildman–Crippen MR) is 86.8 cm³/mol. The average Bonchev–Trinajstić information content (AvgIpc) is 2.40. The predicted octanol–water partition coefficient (Wildman–Crippen LogP) is 2.67. The van der Waals surface area contributed by atoms with Gasteiger partial charge in [-0.15, -0.1) is 0 Å². The molecule has 2 aromatic rings. The summed E-state index contributed by atoms with van der Waals surface area (Å²) in [7, 11) is 0. The summed E-state index contributed by atoms with van der Waals surface area (Å²) in [5.74, 6) is -0.872. The van der Waals surface area contributed by atoms with Crippen molar-refractivity contribution in [3.63, 3.8) is 0 Å². The number of hydrogen-bond acceptors (Lipinski definition) is 2. The lowest BCUT2D eigenvalue weighted by Crippen LogP contribution is -2.28. The smallest absolute Gasteiger partial charge is 0.253 e. The van der Waals surface area contributed by atoms with E-state index in [-0.39, 0.29) is 17.7 Å². The summed E-state index contributed by atoms with van der Waals surface area (Å²) in [4.78, 5) is 26.6. The van der Waals surface area contributed by atoms with Gasteiger partial charge in [0.2, 0.25) is 0 Å². The normalized spacial score (nSPS) is 10.5. The lowest BCUT2D eigenvalue weighted by atomic mass is 10.1. The molecule has 0 aliphatic heterocycles. The van der Waals surface area contributed by atoms with Crippen LogP contribution >= 0.6 is 22.6 Å². The van der Waals surface area contributed by atoms with E-state index in [2.05, 4.69) is 10.3 Å². The van der Waals surface area contributed by atoms with Crippen LogP contribution in [0, 0.1) is 23.2 Å². The van der Waals surface area contributed by atoms with E-state index in [1.165, 1.54) is 18.2 Å². The molecule has 1 aromatic carbocycles. The second-order valence-electron chi connectivity index (χ2n) is 4.75. The van der Waals surface area contributed by atoms with Crippen LogP contribution in [0.2, 0.25) is 0 Å². The van der Waals surface area contributed by atoms with Gasteiger partial charge in [-0.2, -0.15) is 0 Å². The Hall–Kier alpha value is -1.70. The molecule has 0 spiro atoms. The van der Waals surface area contributed by atoms with E-state index in [1.807, 2.05) is 35.6 Å². The molecule has 1 aromatic heterocycles. The van der Waals surface area contributed by atoms with Gasteiger partial charge in [0.05, 0.1) is 5.56 Å². The summed E-state index contributed by atoms with van der Waals surface area (Å²) >= 11 is 1.97. The molecule has 110 valence electrons. The van der Waals surface area contributed by atoms with E-state index >= 15 is 0 Å². The van der Waals surface area contributed by atoms with Crippen molar-refractivity contribution in [3.05, 3.63) is 66.4 Å². The van der Waals surface area contributed by atoms with Gasteiger partial charge in [-0.05, 0) is 66.3 Å². The number of rotatable bonds is 3. The number of carbonyl (C=O) groups is 1. The summed E-state index contributed by atoms with van der Waals surface area (Å²) in [6, 6.07) is 5.86. The van der Waals surface area contributed by atoms with Crippen LogP contribution in [0.5, 0.6) is 0 Å². The summed E-state index contributed by atoms with van der Waals surface area (Å²) in [6.07, 6.45) is 0. The molecule has 0 saturated carbocycles. The number of H-pyrrole nitrogens is 1. The van der Waals surface area contributed by atoms with Gasteiger partial charge < -0.3 is 10.3 Å². The van der Waals surface area contributed by atoms with Crippen LogP contribution in [0.4, 0.5) is 4.39 Å². The number of aromatic nitrogens is 1. The fourth-order valence-electron chi connectivity index (χ4n) is 2.04. The number of aromatic amines is 1. The number of aryl methyl sites for hydroxylation is 2. The highest BCUT2D eigenvalue weighted by Gasteiger charge is 2.12. The summed E-state index contributed by atoms with van der Waals surface area (Å²) in [5, 5.41) is 2.65. The SMILES string of the molecule is Cc1cc(C)c(CNC(=O)c2cc(F)ccc2I)c(=O)[nH]1. The third-order valence-electron chi connectivity index (χ3n) is 3.09. The molecule has 0 fully saturated rings. The Bertz CT molecular complexity index is 756. The Morgan fingerprint density at radius 2 is 2.05 bits per heavy atom. The van der Waals surface area contributed by atoms with Gasteiger partial charge in [0.15, 0.2) is 0 Å². The van der Waals surface area contributed by atoms with E-state index in [0.29, 0.717) is 9.13 Å². The van der Waals surface area contributed by atoms with Crippen LogP contribution in [0.25, 0.3) is 0 Å². The maximum absolute atomic E-state index is 13.2. The summed E-state index contributed by atoms with van der Waals surface area (Å²) in [6.45, 7) is 3.72. The number of amides is 1.